The Morgan fingerprint density at radius 2 is 2.46 bits per heavy atom. The van der Waals surface area contributed by atoms with Crippen molar-refractivity contribution in [3.63, 3.8) is 0 Å². The number of hydrogen-bond acceptors (Lipinski definition) is 5. The summed E-state index contributed by atoms with van der Waals surface area (Å²) in [4.78, 5) is 7.80. The maximum Gasteiger partial charge on any atom is 0.246 e. The summed E-state index contributed by atoms with van der Waals surface area (Å²) in [7, 11) is 1.61. The van der Waals surface area contributed by atoms with E-state index in [0.717, 1.165) is 0 Å². The molecule has 0 atom stereocenters. The highest BCUT2D eigenvalue weighted by atomic mass is 16.5. The van der Waals surface area contributed by atoms with Gasteiger partial charge in [0.25, 0.3) is 0 Å². The SMILES string of the molecule is CN=C(NN)NCc1nc(C)no1. The Morgan fingerprint density at radius 1 is 1.69 bits per heavy atom. The molecule has 0 aliphatic carbocycles. The third-order valence-corrected chi connectivity index (χ3v) is 1.34. The van der Waals surface area contributed by atoms with Crippen molar-refractivity contribution in [3.05, 3.63) is 11.7 Å². The van der Waals surface area contributed by atoms with Gasteiger partial charge < -0.3 is 9.84 Å². The fourth-order valence-corrected chi connectivity index (χ4v) is 0.766. The Hall–Kier alpha value is -1.63. The molecule has 0 aliphatic heterocycles. The monoisotopic (exact) mass is 184 g/mol. The van der Waals surface area contributed by atoms with Gasteiger partial charge in [-0.1, -0.05) is 5.16 Å². The summed E-state index contributed by atoms with van der Waals surface area (Å²) in [6.45, 7) is 2.15. The van der Waals surface area contributed by atoms with Gasteiger partial charge in [0.05, 0.1) is 6.54 Å². The third-order valence-electron chi connectivity index (χ3n) is 1.34. The van der Waals surface area contributed by atoms with Crippen molar-refractivity contribution >= 4 is 5.96 Å². The Labute approximate surface area is 75.4 Å². The van der Waals surface area contributed by atoms with E-state index in [1.807, 2.05) is 0 Å². The maximum atomic E-state index is 5.14. The smallest absolute Gasteiger partial charge is 0.246 e. The summed E-state index contributed by atoms with van der Waals surface area (Å²) in [5, 5.41) is 6.49. The van der Waals surface area contributed by atoms with E-state index in [0.29, 0.717) is 24.2 Å². The van der Waals surface area contributed by atoms with Crippen molar-refractivity contribution in [2.75, 3.05) is 7.05 Å². The number of nitrogens with zero attached hydrogens (tertiary/aromatic N) is 3. The molecule has 0 saturated heterocycles. The van der Waals surface area contributed by atoms with E-state index in [-0.39, 0.29) is 0 Å². The van der Waals surface area contributed by atoms with Crippen LogP contribution in [0.1, 0.15) is 11.7 Å². The predicted octanol–water partition coefficient (Wildman–Crippen LogP) is -1.08. The van der Waals surface area contributed by atoms with Gasteiger partial charge in [-0.05, 0) is 6.92 Å². The van der Waals surface area contributed by atoms with E-state index in [1.165, 1.54) is 0 Å². The minimum absolute atomic E-state index is 0.401. The highest BCUT2D eigenvalue weighted by Crippen LogP contribution is 1.93. The topological polar surface area (TPSA) is 101 Å². The largest absolute Gasteiger partial charge is 0.346 e. The van der Waals surface area contributed by atoms with Crippen LogP contribution in [0.25, 0.3) is 0 Å². The molecular weight excluding hydrogens is 172 g/mol. The molecular formula is C6H12N6O. The second kappa shape index (κ2) is 4.41. The van der Waals surface area contributed by atoms with Crippen LogP contribution >= 0.6 is 0 Å². The third kappa shape index (κ3) is 2.71. The molecule has 0 spiro atoms. The fraction of sp³-hybridized carbons (Fsp3) is 0.500. The van der Waals surface area contributed by atoms with Crippen molar-refractivity contribution < 1.29 is 4.52 Å². The minimum atomic E-state index is 0.401. The molecule has 4 N–H and O–H groups in total. The molecule has 72 valence electrons. The maximum absolute atomic E-state index is 5.14. The zero-order valence-corrected chi connectivity index (χ0v) is 7.53. The quantitative estimate of drug-likeness (QED) is 0.234. The first-order chi connectivity index (χ1) is 6.26. The van der Waals surface area contributed by atoms with Crippen LogP contribution in [0.4, 0.5) is 0 Å². The lowest BCUT2D eigenvalue weighted by Gasteiger charge is -2.04. The van der Waals surface area contributed by atoms with Crippen LogP contribution in [0.2, 0.25) is 0 Å². The van der Waals surface area contributed by atoms with E-state index in [4.69, 9.17) is 10.4 Å². The molecule has 1 rings (SSSR count). The van der Waals surface area contributed by atoms with Crippen molar-refractivity contribution in [2.45, 2.75) is 13.5 Å². The molecule has 0 saturated carbocycles. The van der Waals surface area contributed by atoms with Crippen LogP contribution in [0.3, 0.4) is 0 Å². The van der Waals surface area contributed by atoms with Gasteiger partial charge in [-0.3, -0.25) is 10.4 Å². The molecule has 1 heterocycles. The molecule has 1 aromatic heterocycles. The first-order valence-electron chi connectivity index (χ1n) is 3.72. The lowest BCUT2D eigenvalue weighted by Crippen LogP contribution is -2.41. The van der Waals surface area contributed by atoms with Crippen LogP contribution in [0.15, 0.2) is 9.52 Å². The highest BCUT2D eigenvalue weighted by molar-refractivity contribution is 5.78. The number of hydrogen-bond donors (Lipinski definition) is 3. The summed E-state index contributed by atoms with van der Waals surface area (Å²) in [6.07, 6.45) is 0. The second-order valence-electron chi connectivity index (χ2n) is 2.31. The summed E-state index contributed by atoms with van der Waals surface area (Å²) < 4.78 is 4.86. The Balaban J connectivity index is 2.43. The predicted molar refractivity (Wildman–Crippen MR) is 46.6 cm³/mol. The van der Waals surface area contributed by atoms with Crippen molar-refractivity contribution in [3.8, 4) is 0 Å². The average molecular weight is 184 g/mol. The van der Waals surface area contributed by atoms with Crippen LogP contribution < -0.4 is 16.6 Å². The summed E-state index contributed by atoms with van der Waals surface area (Å²) in [6, 6.07) is 0. The van der Waals surface area contributed by atoms with Gasteiger partial charge in [0, 0.05) is 7.05 Å². The van der Waals surface area contributed by atoms with E-state index in [2.05, 4.69) is 25.9 Å². The fourth-order valence-electron chi connectivity index (χ4n) is 0.766. The normalized spacial score (nSPS) is 11.5. The van der Waals surface area contributed by atoms with Crippen molar-refractivity contribution in [1.29, 1.82) is 0 Å². The van der Waals surface area contributed by atoms with Crippen LogP contribution in [-0.4, -0.2) is 23.1 Å². The van der Waals surface area contributed by atoms with Gasteiger partial charge in [0.15, 0.2) is 5.82 Å². The highest BCUT2D eigenvalue weighted by Gasteiger charge is 2.02. The van der Waals surface area contributed by atoms with Crippen molar-refractivity contribution in [1.82, 2.24) is 20.9 Å². The second-order valence-corrected chi connectivity index (χ2v) is 2.31. The summed E-state index contributed by atoms with van der Waals surface area (Å²) >= 11 is 0. The van der Waals surface area contributed by atoms with E-state index < -0.39 is 0 Å². The molecule has 0 aliphatic rings. The van der Waals surface area contributed by atoms with Gasteiger partial charge in [-0.2, -0.15) is 4.98 Å². The molecule has 7 nitrogen and oxygen atoms in total. The Morgan fingerprint density at radius 3 is 2.92 bits per heavy atom. The van der Waals surface area contributed by atoms with Gasteiger partial charge in [0.2, 0.25) is 11.9 Å². The summed E-state index contributed by atoms with van der Waals surface area (Å²) in [5.74, 6) is 6.71. The number of aromatic nitrogens is 2. The number of aryl methyl sites for hydroxylation is 1. The number of rotatable bonds is 2. The molecule has 13 heavy (non-hydrogen) atoms. The standard InChI is InChI=1S/C6H12N6O/c1-4-10-5(13-12-4)3-9-6(8-2)11-7/h3,7H2,1-2H3,(H2,8,9,11). The molecule has 0 fully saturated rings. The van der Waals surface area contributed by atoms with E-state index >= 15 is 0 Å². The van der Waals surface area contributed by atoms with E-state index in [1.54, 1.807) is 14.0 Å². The Bertz CT molecular complexity index is 293. The number of hydrazine groups is 1. The van der Waals surface area contributed by atoms with Crippen LogP contribution in [-0.2, 0) is 6.54 Å². The van der Waals surface area contributed by atoms with Crippen molar-refractivity contribution in [2.24, 2.45) is 10.8 Å². The molecule has 0 aromatic carbocycles. The Kier molecular flexibility index (Phi) is 3.21. The minimum Gasteiger partial charge on any atom is -0.346 e. The van der Waals surface area contributed by atoms with Gasteiger partial charge in [-0.15, -0.1) is 0 Å². The zero-order chi connectivity index (χ0) is 9.68. The number of nitrogens with one attached hydrogen (secondary N) is 2. The van der Waals surface area contributed by atoms with Crippen LogP contribution in [0.5, 0.6) is 0 Å². The van der Waals surface area contributed by atoms with Gasteiger partial charge in [0.1, 0.15) is 0 Å². The van der Waals surface area contributed by atoms with Gasteiger partial charge >= 0.3 is 0 Å². The molecule has 0 bridgehead atoms. The lowest BCUT2D eigenvalue weighted by atomic mass is 10.6. The molecule has 0 amide bonds. The molecule has 0 radical (unpaired) electrons. The first kappa shape index (κ1) is 9.46. The molecule has 7 heteroatoms. The van der Waals surface area contributed by atoms with Crippen LogP contribution in [0, 0.1) is 6.92 Å². The number of nitrogens with two attached hydrogens (primary N) is 1. The molecule has 1 aromatic rings. The van der Waals surface area contributed by atoms with Gasteiger partial charge in [-0.25, -0.2) is 5.84 Å². The first-order valence-corrected chi connectivity index (χ1v) is 3.72. The average Bonchev–Trinajstić information content (AvgIpc) is 2.53. The zero-order valence-electron chi connectivity index (χ0n) is 7.53. The molecule has 0 unspecified atom stereocenters. The lowest BCUT2D eigenvalue weighted by molar-refractivity contribution is 0.371. The van der Waals surface area contributed by atoms with E-state index in [9.17, 15) is 0 Å². The number of guanidine groups is 1. The summed E-state index contributed by atoms with van der Waals surface area (Å²) in [5.41, 5.74) is 2.38. The number of aliphatic imine (C=N–C) groups is 1.